The van der Waals surface area contributed by atoms with E-state index in [0.717, 1.165) is 17.2 Å². The molecular formula is C14H17N3O2S. The van der Waals surface area contributed by atoms with Crippen LogP contribution in [0.3, 0.4) is 0 Å². The van der Waals surface area contributed by atoms with E-state index in [0.29, 0.717) is 16.9 Å². The van der Waals surface area contributed by atoms with Crippen LogP contribution >= 0.6 is 11.3 Å². The van der Waals surface area contributed by atoms with Crippen LogP contribution < -0.4 is 11.1 Å². The van der Waals surface area contributed by atoms with Gasteiger partial charge in [-0.3, -0.25) is 0 Å². The fraction of sp³-hybridized carbons (Fsp3) is 0.286. The number of thiazole rings is 1. The molecule has 0 amide bonds. The molecule has 2 rings (SSSR count). The third-order valence-electron chi connectivity index (χ3n) is 2.94. The van der Waals surface area contributed by atoms with Gasteiger partial charge in [-0.1, -0.05) is 6.92 Å². The summed E-state index contributed by atoms with van der Waals surface area (Å²) in [4.78, 5) is 17.2. The predicted octanol–water partition coefficient (Wildman–Crippen LogP) is 3.13. The number of nitrogens with zero attached hydrogens (tertiary/aromatic N) is 1. The summed E-state index contributed by atoms with van der Waals surface area (Å²) in [6.07, 6.45) is 0.891. The van der Waals surface area contributed by atoms with Crippen LogP contribution in [0.1, 0.15) is 27.9 Å². The Kier molecular flexibility index (Phi) is 4.24. The van der Waals surface area contributed by atoms with E-state index in [1.54, 1.807) is 29.5 Å². The van der Waals surface area contributed by atoms with Crippen LogP contribution in [0.4, 0.5) is 16.5 Å². The molecule has 0 saturated carbocycles. The van der Waals surface area contributed by atoms with Gasteiger partial charge in [0, 0.05) is 4.88 Å². The van der Waals surface area contributed by atoms with Crippen molar-refractivity contribution < 1.29 is 9.53 Å². The fourth-order valence-corrected chi connectivity index (χ4v) is 2.75. The van der Waals surface area contributed by atoms with Gasteiger partial charge in [-0.2, -0.15) is 0 Å². The van der Waals surface area contributed by atoms with Crippen molar-refractivity contribution in [3.63, 3.8) is 0 Å². The predicted molar refractivity (Wildman–Crippen MR) is 81.7 cm³/mol. The number of nitrogen functional groups attached to an aromatic ring is 1. The molecule has 0 spiro atoms. The summed E-state index contributed by atoms with van der Waals surface area (Å²) in [5, 5.41) is 3.93. The normalized spacial score (nSPS) is 10.3. The van der Waals surface area contributed by atoms with Crippen LogP contribution in [0.15, 0.2) is 18.2 Å². The molecule has 20 heavy (non-hydrogen) atoms. The average molecular weight is 291 g/mol. The van der Waals surface area contributed by atoms with E-state index in [4.69, 9.17) is 10.5 Å². The second-order valence-electron chi connectivity index (χ2n) is 4.29. The van der Waals surface area contributed by atoms with Gasteiger partial charge in [0.15, 0.2) is 5.13 Å². The molecule has 1 aromatic heterocycles. The molecule has 0 aliphatic heterocycles. The molecule has 0 radical (unpaired) electrons. The molecule has 0 unspecified atom stereocenters. The Hall–Kier alpha value is -2.08. The minimum Gasteiger partial charge on any atom is -0.465 e. The topological polar surface area (TPSA) is 77.2 Å². The van der Waals surface area contributed by atoms with E-state index >= 15 is 0 Å². The average Bonchev–Trinajstić information content (AvgIpc) is 2.80. The number of methoxy groups -OCH3 is 1. The first-order valence-corrected chi connectivity index (χ1v) is 7.08. The Morgan fingerprint density at radius 3 is 2.85 bits per heavy atom. The summed E-state index contributed by atoms with van der Waals surface area (Å²) in [6, 6.07) is 4.98. The maximum Gasteiger partial charge on any atom is 0.337 e. The summed E-state index contributed by atoms with van der Waals surface area (Å²) < 4.78 is 4.70. The number of nitrogens with one attached hydrogen (secondary N) is 1. The molecule has 1 heterocycles. The van der Waals surface area contributed by atoms with E-state index in [1.165, 1.54) is 12.0 Å². The third kappa shape index (κ3) is 2.91. The van der Waals surface area contributed by atoms with Crippen LogP contribution in [-0.4, -0.2) is 18.1 Å². The lowest BCUT2D eigenvalue weighted by Gasteiger charge is -2.08. The van der Waals surface area contributed by atoms with E-state index in [1.807, 2.05) is 6.92 Å². The largest absolute Gasteiger partial charge is 0.465 e. The zero-order valence-electron chi connectivity index (χ0n) is 11.7. The molecule has 0 saturated heterocycles. The van der Waals surface area contributed by atoms with Gasteiger partial charge in [0.1, 0.15) is 0 Å². The van der Waals surface area contributed by atoms with Crippen LogP contribution in [-0.2, 0) is 11.2 Å². The Morgan fingerprint density at radius 1 is 1.50 bits per heavy atom. The monoisotopic (exact) mass is 291 g/mol. The lowest BCUT2D eigenvalue weighted by Crippen LogP contribution is -2.04. The maximum absolute atomic E-state index is 11.5. The Bertz CT molecular complexity index is 637. The van der Waals surface area contributed by atoms with E-state index < -0.39 is 5.97 Å². The van der Waals surface area contributed by atoms with E-state index in [9.17, 15) is 4.79 Å². The van der Waals surface area contributed by atoms with Crippen molar-refractivity contribution in [2.24, 2.45) is 0 Å². The molecule has 106 valence electrons. The van der Waals surface area contributed by atoms with E-state index in [2.05, 4.69) is 17.2 Å². The number of aromatic nitrogens is 1. The number of esters is 1. The molecule has 1 aromatic carbocycles. The van der Waals surface area contributed by atoms with Gasteiger partial charge < -0.3 is 15.8 Å². The van der Waals surface area contributed by atoms with Gasteiger partial charge in [0.25, 0.3) is 0 Å². The lowest BCUT2D eigenvalue weighted by atomic mass is 10.2. The standard InChI is InChI=1S/C14H17N3O2S/c1-4-11-8(2)20-14(16-11)17-12-7-9(13(18)19-3)5-6-10(12)15/h5-7H,4,15H2,1-3H3,(H,16,17). The maximum atomic E-state index is 11.5. The second kappa shape index (κ2) is 5.92. The van der Waals surface area contributed by atoms with Crippen LogP contribution in [0.25, 0.3) is 0 Å². The van der Waals surface area contributed by atoms with Gasteiger partial charge in [-0.25, -0.2) is 9.78 Å². The quantitative estimate of drug-likeness (QED) is 0.668. The number of ether oxygens (including phenoxy) is 1. The Balaban J connectivity index is 2.29. The minimum atomic E-state index is -0.391. The first-order chi connectivity index (χ1) is 9.55. The van der Waals surface area contributed by atoms with Gasteiger partial charge in [0.2, 0.25) is 0 Å². The third-order valence-corrected chi connectivity index (χ3v) is 3.87. The summed E-state index contributed by atoms with van der Waals surface area (Å²) in [7, 11) is 1.35. The summed E-state index contributed by atoms with van der Waals surface area (Å²) in [5.74, 6) is -0.391. The van der Waals surface area contributed by atoms with Crippen molar-refractivity contribution >= 4 is 33.8 Å². The number of aryl methyl sites for hydroxylation is 2. The summed E-state index contributed by atoms with van der Waals surface area (Å²) in [5.41, 5.74) is 8.66. The number of rotatable bonds is 4. The SMILES string of the molecule is CCc1nc(Nc2cc(C(=O)OC)ccc2N)sc1C. The van der Waals surface area contributed by atoms with Crippen molar-refractivity contribution in [1.29, 1.82) is 0 Å². The molecule has 0 bridgehead atoms. The van der Waals surface area contributed by atoms with Gasteiger partial charge in [-0.15, -0.1) is 11.3 Å². The lowest BCUT2D eigenvalue weighted by molar-refractivity contribution is 0.0601. The van der Waals surface area contributed by atoms with Gasteiger partial charge >= 0.3 is 5.97 Å². The molecule has 2 aromatic rings. The van der Waals surface area contributed by atoms with Crippen LogP contribution in [0.2, 0.25) is 0 Å². The number of nitrogens with two attached hydrogens (primary N) is 1. The Morgan fingerprint density at radius 2 is 2.25 bits per heavy atom. The van der Waals surface area contributed by atoms with Crippen molar-refractivity contribution in [2.45, 2.75) is 20.3 Å². The highest BCUT2D eigenvalue weighted by atomic mass is 32.1. The summed E-state index contributed by atoms with van der Waals surface area (Å²) >= 11 is 1.57. The molecule has 0 atom stereocenters. The zero-order valence-corrected chi connectivity index (χ0v) is 12.5. The van der Waals surface area contributed by atoms with E-state index in [-0.39, 0.29) is 0 Å². The number of anilines is 3. The molecule has 0 aliphatic carbocycles. The van der Waals surface area contributed by atoms with Gasteiger partial charge in [-0.05, 0) is 31.5 Å². The molecule has 0 aliphatic rings. The molecule has 5 nitrogen and oxygen atoms in total. The second-order valence-corrected chi connectivity index (χ2v) is 5.50. The molecule has 0 fully saturated rings. The van der Waals surface area contributed by atoms with Crippen molar-refractivity contribution in [3.8, 4) is 0 Å². The number of carbonyl (C=O) groups excluding carboxylic acids is 1. The zero-order chi connectivity index (χ0) is 14.7. The number of carbonyl (C=O) groups is 1. The molecular weight excluding hydrogens is 274 g/mol. The molecule has 3 N–H and O–H groups in total. The highest BCUT2D eigenvalue weighted by molar-refractivity contribution is 7.15. The van der Waals surface area contributed by atoms with Crippen LogP contribution in [0.5, 0.6) is 0 Å². The number of hydrogen-bond donors (Lipinski definition) is 2. The first kappa shape index (κ1) is 14.3. The molecule has 6 heteroatoms. The van der Waals surface area contributed by atoms with Crippen molar-refractivity contribution in [1.82, 2.24) is 4.98 Å². The van der Waals surface area contributed by atoms with Crippen LogP contribution in [0, 0.1) is 6.92 Å². The smallest absolute Gasteiger partial charge is 0.337 e. The first-order valence-electron chi connectivity index (χ1n) is 6.26. The van der Waals surface area contributed by atoms with Crippen molar-refractivity contribution in [3.05, 3.63) is 34.3 Å². The number of benzene rings is 1. The fourth-order valence-electron chi connectivity index (χ4n) is 1.83. The highest BCUT2D eigenvalue weighted by Gasteiger charge is 2.11. The summed E-state index contributed by atoms with van der Waals surface area (Å²) in [6.45, 7) is 4.11. The highest BCUT2D eigenvalue weighted by Crippen LogP contribution is 2.29. The Labute approximate surface area is 121 Å². The minimum absolute atomic E-state index is 0.391. The number of hydrogen-bond acceptors (Lipinski definition) is 6. The van der Waals surface area contributed by atoms with Gasteiger partial charge in [0.05, 0.1) is 29.7 Å². The van der Waals surface area contributed by atoms with Crippen molar-refractivity contribution in [2.75, 3.05) is 18.2 Å².